The number of carbonyl (C=O) groups is 3. The number of hydrogen-bond acceptors (Lipinski definition) is 6. The van der Waals surface area contributed by atoms with Crippen LogP contribution in [-0.4, -0.2) is 43.1 Å². The van der Waals surface area contributed by atoms with Crippen LogP contribution in [0.1, 0.15) is 58.9 Å². The monoisotopic (exact) mass is 464 g/mol. The average molecular weight is 465 g/mol. The molecule has 1 aromatic heterocycles. The number of Topliss-reactive ketones (excluding diaryl/α,β-unsaturated/α-hetero) is 1. The second-order valence-corrected chi connectivity index (χ2v) is 8.39. The molecular weight excluding hydrogens is 436 g/mol. The molecule has 1 aliphatic rings. The van der Waals surface area contributed by atoms with E-state index in [-0.39, 0.29) is 11.9 Å². The van der Waals surface area contributed by atoms with Gasteiger partial charge in [-0.15, -0.1) is 0 Å². The first-order valence-electron chi connectivity index (χ1n) is 11.3. The molecule has 1 fully saturated rings. The molecule has 2 aromatic carbocycles. The quantitative estimate of drug-likeness (QED) is 0.200. The van der Waals surface area contributed by atoms with Crippen LogP contribution in [0.25, 0.3) is 10.9 Å². The van der Waals surface area contributed by atoms with Gasteiger partial charge < -0.3 is 14.0 Å². The molecule has 1 heterocycles. The highest BCUT2D eigenvalue weighted by Crippen LogP contribution is 2.31. The third-order valence-electron chi connectivity index (χ3n) is 6.21. The summed E-state index contributed by atoms with van der Waals surface area (Å²) in [6.07, 6.45) is 6.55. The molecule has 1 saturated carbocycles. The van der Waals surface area contributed by atoms with Gasteiger partial charge in [0, 0.05) is 22.7 Å². The number of esters is 1. The van der Waals surface area contributed by atoms with E-state index >= 15 is 0 Å². The van der Waals surface area contributed by atoms with Gasteiger partial charge >= 0.3 is 5.97 Å². The van der Waals surface area contributed by atoms with Crippen LogP contribution in [0, 0.1) is 0 Å². The zero-order valence-corrected chi connectivity index (χ0v) is 19.6. The number of ketones is 1. The largest absolute Gasteiger partial charge is 0.496 e. The molecular formula is C26H28N2O6. The van der Waals surface area contributed by atoms with E-state index in [0.29, 0.717) is 35.5 Å². The first kappa shape index (κ1) is 23.5. The molecule has 1 aliphatic carbocycles. The summed E-state index contributed by atoms with van der Waals surface area (Å²) in [7, 11) is 2.86. The highest BCUT2D eigenvalue weighted by molar-refractivity contribution is 6.07. The molecule has 8 heteroatoms. The standard InChI is InChI=1S/C26H28N2O6/c1-17(30)23-15-27(14-19-9-8-18(26(31)33-3)12-25(19)32-2)24-13-20(10-11-22(23)24)28(16-29)34-21-6-4-5-7-21/h8-13,15-16,21H,4-7,14H2,1-3H3. The number of carbonyl (C=O) groups excluding carboxylic acids is 3. The summed E-state index contributed by atoms with van der Waals surface area (Å²) in [6, 6.07) is 10.6. The molecule has 34 heavy (non-hydrogen) atoms. The molecule has 4 rings (SSSR count). The summed E-state index contributed by atoms with van der Waals surface area (Å²) < 4.78 is 12.2. The molecule has 3 aromatic rings. The SMILES string of the molecule is COC(=O)c1ccc(Cn2cc(C(C)=O)c3ccc(N(C=O)OC4CCCC4)cc32)c(OC)c1. The lowest BCUT2D eigenvalue weighted by Gasteiger charge is -2.21. The Morgan fingerprint density at radius 2 is 1.88 bits per heavy atom. The van der Waals surface area contributed by atoms with E-state index in [1.165, 1.54) is 26.2 Å². The zero-order chi connectivity index (χ0) is 24.2. The Morgan fingerprint density at radius 1 is 1.12 bits per heavy atom. The average Bonchev–Trinajstić information content (AvgIpc) is 3.50. The highest BCUT2D eigenvalue weighted by Gasteiger charge is 2.21. The van der Waals surface area contributed by atoms with E-state index < -0.39 is 5.97 Å². The summed E-state index contributed by atoms with van der Waals surface area (Å²) in [5.74, 6) is 0.0271. The van der Waals surface area contributed by atoms with Crippen LogP contribution in [-0.2, 0) is 20.9 Å². The third-order valence-corrected chi connectivity index (χ3v) is 6.21. The van der Waals surface area contributed by atoms with Crippen LogP contribution in [0.5, 0.6) is 5.75 Å². The second kappa shape index (κ2) is 10.1. The van der Waals surface area contributed by atoms with E-state index in [1.54, 1.807) is 30.5 Å². The fraction of sp³-hybridized carbons (Fsp3) is 0.346. The van der Waals surface area contributed by atoms with Crippen molar-refractivity contribution in [2.45, 2.75) is 45.3 Å². The van der Waals surface area contributed by atoms with Crippen molar-refractivity contribution in [1.29, 1.82) is 0 Å². The van der Waals surface area contributed by atoms with Gasteiger partial charge in [0.2, 0.25) is 6.41 Å². The number of rotatable bonds is 9. The molecule has 0 spiro atoms. The number of aromatic nitrogens is 1. The van der Waals surface area contributed by atoms with E-state index in [0.717, 1.165) is 42.1 Å². The van der Waals surface area contributed by atoms with E-state index in [4.69, 9.17) is 14.3 Å². The van der Waals surface area contributed by atoms with Crippen molar-refractivity contribution in [2.75, 3.05) is 19.3 Å². The first-order chi connectivity index (χ1) is 16.4. The number of methoxy groups -OCH3 is 2. The minimum atomic E-state index is -0.448. The lowest BCUT2D eigenvalue weighted by atomic mass is 10.1. The maximum absolute atomic E-state index is 12.3. The molecule has 0 unspecified atom stereocenters. The third kappa shape index (κ3) is 4.68. The fourth-order valence-electron chi connectivity index (χ4n) is 4.43. The Morgan fingerprint density at radius 3 is 2.53 bits per heavy atom. The second-order valence-electron chi connectivity index (χ2n) is 8.39. The number of ether oxygens (including phenoxy) is 2. The summed E-state index contributed by atoms with van der Waals surface area (Å²) in [5, 5.41) is 2.06. The Hall–Kier alpha value is -3.65. The molecule has 0 saturated heterocycles. The summed E-state index contributed by atoms with van der Waals surface area (Å²) in [4.78, 5) is 41.9. The summed E-state index contributed by atoms with van der Waals surface area (Å²) >= 11 is 0. The minimum Gasteiger partial charge on any atom is -0.496 e. The number of nitrogens with zero attached hydrogens (tertiary/aromatic N) is 2. The maximum atomic E-state index is 12.3. The number of amides is 1. The summed E-state index contributed by atoms with van der Waals surface area (Å²) in [6.45, 7) is 1.92. The Labute approximate surface area is 198 Å². The minimum absolute atomic E-state index is 0.0260. The Kier molecular flexibility index (Phi) is 6.98. The van der Waals surface area contributed by atoms with E-state index in [1.807, 2.05) is 16.7 Å². The molecule has 1 amide bonds. The molecule has 8 nitrogen and oxygen atoms in total. The van der Waals surface area contributed by atoms with Gasteiger partial charge in [0.05, 0.1) is 43.6 Å². The Bertz CT molecular complexity index is 1230. The van der Waals surface area contributed by atoms with Crippen LogP contribution in [0.2, 0.25) is 0 Å². The number of hydrogen-bond donors (Lipinski definition) is 0. The summed E-state index contributed by atoms with van der Waals surface area (Å²) in [5.41, 5.74) is 3.17. The molecule has 0 atom stereocenters. The number of benzene rings is 2. The molecule has 178 valence electrons. The molecule has 0 radical (unpaired) electrons. The van der Waals surface area contributed by atoms with Gasteiger partial charge in [-0.1, -0.05) is 18.9 Å². The predicted molar refractivity (Wildman–Crippen MR) is 127 cm³/mol. The van der Waals surface area contributed by atoms with Crippen LogP contribution < -0.4 is 9.80 Å². The van der Waals surface area contributed by atoms with Gasteiger partial charge in [0.15, 0.2) is 5.78 Å². The number of anilines is 1. The van der Waals surface area contributed by atoms with Crippen LogP contribution in [0.15, 0.2) is 42.6 Å². The van der Waals surface area contributed by atoms with Crippen molar-refractivity contribution >= 4 is 34.8 Å². The van der Waals surface area contributed by atoms with Gasteiger partial charge in [-0.25, -0.2) is 4.79 Å². The van der Waals surface area contributed by atoms with Crippen molar-refractivity contribution in [1.82, 2.24) is 4.57 Å². The maximum Gasteiger partial charge on any atom is 0.337 e. The normalized spacial score (nSPS) is 13.7. The Balaban J connectivity index is 1.73. The van der Waals surface area contributed by atoms with Crippen LogP contribution in [0.3, 0.4) is 0 Å². The van der Waals surface area contributed by atoms with Gasteiger partial charge in [0.25, 0.3) is 0 Å². The molecule has 0 aliphatic heterocycles. The smallest absolute Gasteiger partial charge is 0.337 e. The topological polar surface area (TPSA) is 87.1 Å². The van der Waals surface area contributed by atoms with Gasteiger partial charge in [-0.3, -0.25) is 14.4 Å². The van der Waals surface area contributed by atoms with Gasteiger partial charge in [-0.2, -0.15) is 5.06 Å². The molecule has 0 N–H and O–H groups in total. The van der Waals surface area contributed by atoms with Crippen molar-refractivity contribution in [3.05, 3.63) is 59.3 Å². The lowest BCUT2D eigenvalue weighted by Crippen LogP contribution is -2.27. The molecule has 0 bridgehead atoms. The van der Waals surface area contributed by atoms with Crippen LogP contribution >= 0.6 is 0 Å². The van der Waals surface area contributed by atoms with Crippen LogP contribution in [0.4, 0.5) is 5.69 Å². The highest BCUT2D eigenvalue weighted by atomic mass is 16.7. The van der Waals surface area contributed by atoms with E-state index in [9.17, 15) is 14.4 Å². The van der Waals surface area contributed by atoms with Crippen molar-refractivity contribution in [2.24, 2.45) is 0 Å². The van der Waals surface area contributed by atoms with E-state index in [2.05, 4.69) is 0 Å². The predicted octanol–water partition coefficient (Wildman–Crippen LogP) is 4.52. The van der Waals surface area contributed by atoms with Crippen molar-refractivity contribution in [3.8, 4) is 5.75 Å². The first-order valence-corrected chi connectivity index (χ1v) is 11.3. The zero-order valence-electron chi connectivity index (χ0n) is 19.6. The lowest BCUT2D eigenvalue weighted by molar-refractivity contribution is -0.116. The number of hydroxylamine groups is 1. The number of fused-ring (bicyclic) bond motifs is 1. The van der Waals surface area contributed by atoms with Crippen molar-refractivity contribution in [3.63, 3.8) is 0 Å². The fourth-order valence-corrected chi connectivity index (χ4v) is 4.43. The van der Waals surface area contributed by atoms with Gasteiger partial charge in [-0.05, 0) is 50.1 Å². The van der Waals surface area contributed by atoms with Crippen molar-refractivity contribution < 1.29 is 28.7 Å². The van der Waals surface area contributed by atoms with Gasteiger partial charge in [0.1, 0.15) is 5.75 Å².